The lowest BCUT2D eigenvalue weighted by atomic mass is 10.0. The van der Waals surface area contributed by atoms with Crippen LogP contribution in [0.5, 0.6) is 0 Å². The Hall–Kier alpha value is -2.83. The maximum absolute atomic E-state index is 12.6. The van der Waals surface area contributed by atoms with Gasteiger partial charge in [0.15, 0.2) is 6.10 Å². The Kier molecular flexibility index (Phi) is 31.1. The monoisotopic (exact) mass is 838 g/mol. The van der Waals surface area contributed by atoms with E-state index >= 15 is 0 Å². The molecule has 1 unspecified atom stereocenters. The van der Waals surface area contributed by atoms with Gasteiger partial charge in [0, 0.05) is 32.2 Å². The number of esters is 2. The molecule has 12 nitrogen and oxygen atoms in total. The summed E-state index contributed by atoms with van der Waals surface area (Å²) in [6.07, 6.45) is 29.2. The molecule has 1 heterocycles. The summed E-state index contributed by atoms with van der Waals surface area (Å²) in [4.78, 5) is 35.0. The molecule has 0 saturated heterocycles. The Morgan fingerprint density at radius 2 is 1.28 bits per heavy atom. The van der Waals surface area contributed by atoms with Crippen molar-refractivity contribution in [2.24, 2.45) is 5.73 Å². The largest absolute Gasteiger partial charge is 0.472 e. The molecule has 0 amide bonds. The maximum Gasteiger partial charge on any atom is 0.472 e. The summed E-state index contributed by atoms with van der Waals surface area (Å²) < 4.78 is 38.8. The number of phosphoric ester groups is 1. The van der Waals surface area contributed by atoms with Gasteiger partial charge in [-0.3, -0.25) is 18.6 Å². The van der Waals surface area contributed by atoms with Crippen molar-refractivity contribution >= 4 is 19.8 Å². The zero-order valence-electron chi connectivity index (χ0n) is 36.0. The number of furan rings is 1. The zero-order valence-corrected chi connectivity index (χ0v) is 36.8. The standard InChI is InChI=1S/C45H76NO11P/c1-5-7-19-26-39(47)27-20-15-11-10-12-16-21-28-40(48)29-24-32-44(49)53-35-41(36-55-58(51,52)54-34-33-46)56-45(50)31-23-18-14-9-8-13-17-22-30-43-38(4)37(3)42(57-43)25-6-2/h11-12,15-16,20-21,27-28,39-41,47-48H,5-10,13-14,17-19,22-26,29-36,46H2,1-4H3,(H,51,52)/b15-11-,16-12-,27-20+,28-21+/t39-,40-,41+/m0/s1. The molecule has 0 aliphatic heterocycles. The normalized spacial score (nSPS) is 14.8. The smallest absolute Gasteiger partial charge is 0.466 e. The summed E-state index contributed by atoms with van der Waals surface area (Å²) in [5, 5.41) is 20.1. The van der Waals surface area contributed by atoms with Crippen LogP contribution in [0.25, 0.3) is 0 Å². The number of carbonyl (C=O) groups is 2. The third-order valence-corrected chi connectivity index (χ3v) is 10.6. The van der Waals surface area contributed by atoms with Gasteiger partial charge in [0.1, 0.15) is 18.1 Å². The van der Waals surface area contributed by atoms with Crippen molar-refractivity contribution < 1.29 is 52.2 Å². The molecule has 0 bridgehead atoms. The fourth-order valence-electron chi connectivity index (χ4n) is 6.07. The average molecular weight is 838 g/mol. The predicted molar refractivity (Wildman–Crippen MR) is 230 cm³/mol. The fourth-order valence-corrected chi connectivity index (χ4v) is 6.84. The minimum atomic E-state index is -4.45. The molecule has 58 heavy (non-hydrogen) atoms. The molecule has 1 rings (SSSR count). The van der Waals surface area contributed by atoms with Crippen LogP contribution in [0.4, 0.5) is 0 Å². The number of ether oxygens (including phenoxy) is 2. The first-order valence-electron chi connectivity index (χ1n) is 21.7. The molecule has 0 saturated carbocycles. The SMILES string of the molecule is CCCCC[C@H](O)/C=C/C=C\C/C=C\C=C\[C@H](O)CCCC(=O)OC[C@H](COP(=O)(O)OCCN)OC(=O)CCCCCCCCCCc1oc(CCC)c(C)c1C. The molecule has 0 aliphatic rings. The van der Waals surface area contributed by atoms with E-state index in [0.717, 1.165) is 101 Å². The van der Waals surface area contributed by atoms with Crippen LogP contribution in [0.3, 0.4) is 0 Å². The van der Waals surface area contributed by atoms with Gasteiger partial charge >= 0.3 is 19.8 Å². The van der Waals surface area contributed by atoms with Crippen LogP contribution in [0.15, 0.2) is 53.0 Å². The van der Waals surface area contributed by atoms with Crippen LogP contribution in [0.1, 0.15) is 152 Å². The Labute approximate surface area is 348 Å². The summed E-state index contributed by atoms with van der Waals surface area (Å²) in [6, 6.07) is 0. The van der Waals surface area contributed by atoms with E-state index in [2.05, 4.69) is 27.7 Å². The summed E-state index contributed by atoms with van der Waals surface area (Å²) in [5.74, 6) is 1.18. The number of aliphatic hydroxyl groups excluding tert-OH is 2. The second-order valence-electron chi connectivity index (χ2n) is 14.8. The number of carbonyl (C=O) groups excluding carboxylic acids is 2. The molecule has 332 valence electrons. The van der Waals surface area contributed by atoms with Crippen molar-refractivity contribution in [2.45, 2.75) is 174 Å². The van der Waals surface area contributed by atoms with Gasteiger partial charge < -0.3 is 34.7 Å². The topological polar surface area (TPSA) is 188 Å². The molecule has 1 aromatic rings. The zero-order chi connectivity index (χ0) is 42.9. The molecular weight excluding hydrogens is 761 g/mol. The van der Waals surface area contributed by atoms with Crippen molar-refractivity contribution in [2.75, 3.05) is 26.4 Å². The Morgan fingerprint density at radius 3 is 1.88 bits per heavy atom. The van der Waals surface area contributed by atoms with E-state index < -0.39 is 44.7 Å². The highest BCUT2D eigenvalue weighted by atomic mass is 31.2. The van der Waals surface area contributed by atoms with E-state index in [4.69, 9.17) is 28.7 Å². The van der Waals surface area contributed by atoms with Crippen LogP contribution in [0, 0.1) is 13.8 Å². The van der Waals surface area contributed by atoms with Crippen molar-refractivity contribution in [1.29, 1.82) is 0 Å². The molecule has 0 aliphatic carbocycles. The highest BCUT2D eigenvalue weighted by Gasteiger charge is 2.26. The molecule has 4 atom stereocenters. The van der Waals surface area contributed by atoms with Crippen molar-refractivity contribution in [3.63, 3.8) is 0 Å². The number of unbranched alkanes of at least 4 members (excludes halogenated alkanes) is 9. The third-order valence-electron chi connectivity index (χ3n) is 9.60. The van der Waals surface area contributed by atoms with Crippen LogP contribution in [-0.4, -0.2) is 71.7 Å². The number of hydrogen-bond acceptors (Lipinski definition) is 11. The number of allylic oxidation sites excluding steroid dienone is 6. The fraction of sp³-hybridized carbons (Fsp3) is 0.689. The molecule has 0 aromatic carbocycles. The van der Waals surface area contributed by atoms with Crippen molar-refractivity contribution in [3.05, 3.63) is 71.3 Å². The van der Waals surface area contributed by atoms with E-state index in [1.165, 1.54) is 11.1 Å². The van der Waals surface area contributed by atoms with Gasteiger partial charge in [-0.05, 0) is 69.9 Å². The summed E-state index contributed by atoms with van der Waals surface area (Å²) in [7, 11) is -4.45. The molecule has 5 N–H and O–H groups in total. The lowest BCUT2D eigenvalue weighted by Gasteiger charge is -2.20. The van der Waals surface area contributed by atoms with Crippen LogP contribution < -0.4 is 5.73 Å². The van der Waals surface area contributed by atoms with Gasteiger partial charge in [-0.2, -0.15) is 0 Å². The van der Waals surface area contributed by atoms with E-state index in [0.29, 0.717) is 25.7 Å². The van der Waals surface area contributed by atoms with Gasteiger partial charge in [0.05, 0.1) is 25.4 Å². The van der Waals surface area contributed by atoms with Gasteiger partial charge in [0.25, 0.3) is 0 Å². The van der Waals surface area contributed by atoms with Gasteiger partial charge in [-0.1, -0.05) is 120 Å². The van der Waals surface area contributed by atoms with Crippen molar-refractivity contribution in [1.82, 2.24) is 0 Å². The highest BCUT2D eigenvalue weighted by Crippen LogP contribution is 2.43. The number of rotatable bonds is 36. The summed E-state index contributed by atoms with van der Waals surface area (Å²) in [6.45, 7) is 7.55. The van der Waals surface area contributed by atoms with E-state index in [-0.39, 0.29) is 32.6 Å². The summed E-state index contributed by atoms with van der Waals surface area (Å²) in [5.41, 5.74) is 7.93. The number of aryl methyl sites for hydroxylation is 2. The highest BCUT2D eigenvalue weighted by molar-refractivity contribution is 7.47. The molecule has 1 aromatic heterocycles. The quantitative estimate of drug-likeness (QED) is 0.0217. The summed E-state index contributed by atoms with van der Waals surface area (Å²) >= 11 is 0. The second kappa shape index (κ2) is 33.9. The average Bonchev–Trinajstić information content (AvgIpc) is 3.46. The minimum Gasteiger partial charge on any atom is -0.466 e. The second-order valence-corrected chi connectivity index (χ2v) is 16.3. The van der Waals surface area contributed by atoms with Crippen molar-refractivity contribution in [3.8, 4) is 0 Å². The minimum absolute atomic E-state index is 0.0122. The Bertz CT molecular complexity index is 1400. The van der Waals surface area contributed by atoms with Gasteiger partial charge in [-0.25, -0.2) is 4.57 Å². The lowest BCUT2D eigenvalue weighted by Crippen LogP contribution is -2.29. The molecule has 13 heteroatoms. The molecular formula is C45H76NO11P. The predicted octanol–water partition coefficient (Wildman–Crippen LogP) is 9.54. The first-order valence-corrected chi connectivity index (χ1v) is 23.2. The number of aliphatic hydroxyl groups is 2. The lowest BCUT2D eigenvalue weighted by molar-refractivity contribution is -0.161. The van der Waals surface area contributed by atoms with E-state index in [1.807, 2.05) is 30.4 Å². The number of hydrogen-bond donors (Lipinski definition) is 4. The molecule has 0 spiro atoms. The van der Waals surface area contributed by atoms with Crippen LogP contribution in [-0.2, 0) is 45.5 Å². The van der Waals surface area contributed by atoms with Crippen LogP contribution in [0.2, 0.25) is 0 Å². The first kappa shape index (κ1) is 53.2. The molecule has 0 radical (unpaired) electrons. The Balaban J connectivity index is 2.35. The van der Waals surface area contributed by atoms with E-state index in [9.17, 15) is 29.3 Å². The third kappa shape index (κ3) is 27.8. The maximum atomic E-state index is 12.6. The van der Waals surface area contributed by atoms with Crippen LogP contribution >= 0.6 is 7.82 Å². The van der Waals surface area contributed by atoms with E-state index in [1.54, 1.807) is 18.2 Å². The number of nitrogens with two attached hydrogens (primary N) is 1. The number of phosphoric acid groups is 1. The Morgan fingerprint density at radius 1 is 0.707 bits per heavy atom. The first-order chi connectivity index (χ1) is 27.9. The molecule has 0 fully saturated rings. The van der Waals surface area contributed by atoms with Gasteiger partial charge in [-0.15, -0.1) is 0 Å². The van der Waals surface area contributed by atoms with Gasteiger partial charge in [0.2, 0.25) is 0 Å².